The van der Waals surface area contributed by atoms with Gasteiger partial charge in [-0.2, -0.15) is 5.10 Å². The Hall–Kier alpha value is -1.61. The van der Waals surface area contributed by atoms with E-state index in [9.17, 15) is 0 Å². The minimum atomic E-state index is 0. The predicted molar refractivity (Wildman–Crippen MR) is 133 cm³/mol. The molecule has 0 aliphatic carbocycles. The van der Waals surface area contributed by atoms with E-state index in [0.717, 1.165) is 32.1 Å². The Balaban J connectivity index is 0.00000420. The molecule has 7 heteroatoms. The summed E-state index contributed by atoms with van der Waals surface area (Å²) < 4.78 is 1.93. The van der Waals surface area contributed by atoms with Gasteiger partial charge in [-0.05, 0) is 51.8 Å². The molecular weight excluding hydrogens is 475 g/mol. The lowest BCUT2D eigenvalue weighted by Crippen LogP contribution is -2.45. The number of rotatable bonds is 10. The number of halogens is 1. The van der Waals surface area contributed by atoms with Gasteiger partial charge >= 0.3 is 0 Å². The molecule has 0 unspecified atom stereocenters. The fourth-order valence-corrected chi connectivity index (χ4v) is 3.34. The van der Waals surface area contributed by atoms with Crippen LogP contribution in [0.4, 0.5) is 0 Å². The number of hydrogen-bond donors (Lipinski definition) is 2. The maximum Gasteiger partial charge on any atom is 0.191 e. The summed E-state index contributed by atoms with van der Waals surface area (Å²) in [7, 11) is 0. The Morgan fingerprint density at radius 2 is 1.83 bits per heavy atom. The van der Waals surface area contributed by atoms with Gasteiger partial charge in [0, 0.05) is 44.1 Å². The summed E-state index contributed by atoms with van der Waals surface area (Å²) in [5.41, 5.74) is 2.44. The van der Waals surface area contributed by atoms with E-state index in [0.29, 0.717) is 18.6 Å². The van der Waals surface area contributed by atoms with Crippen LogP contribution in [0, 0.1) is 0 Å². The molecule has 29 heavy (non-hydrogen) atoms. The molecule has 0 spiro atoms. The minimum Gasteiger partial charge on any atom is -0.357 e. The van der Waals surface area contributed by atoms with Crippen LogP contribution in [0.5, 0.6) is 0 Å². The second-order valence-corrected chi connectivity index (χ2v) is 7.57. The first-order valence-corrected chi connectivity index (χ1v) is 10.3. The van der Waals surface area contributed by atoms with Gasteiger partial charge in [0.25, 0.3) is 0 Å². The summed E-state index contributed by atoms with van der Waals surface area (Å²) in [4.78, 5) is 7.24. The van der Waals surface area contributed by atoms with Crippen molar-refractivity contribution >= 4 is 29.9 Å². The molecule has 1 aromatic heterocycles. The van der Waals surface area contributed by atoms with E-state index in [1.54, 1.807) is 0 Å². The van der Waals surface area contributed by atoms with E-state index in [4.69, 9.17) is 4.99 Å². The van der Waals surface area contributed by atoms with Crippen molar-refractivity contribution in [2.24, 2.45) is 4.99 Å². The van der Waals surface area contributed by atoms with Crippen LogP contribution in [0.3, 0.4) is 0 Å². The maximum absolute atomic E-state index is 4.76. The molecule has 0 atom stereocenters. The van der Waals surface area contributed by atoms with Gasteiger partial charge in [-0.3, -0.25) is 9.58 Å². The van der Waals surface area contributed by atoms with E-state index < -0.39 is 0 Å². The van der Waals surface area contributed by atoms with E-state index in [1.165, 1.54) is 11.1 Å². The van der Waals surface area contributed by atoms with Crippen molar-refractivity contribution in [3.63, 3.8) is 0 Å². The highest BCUT2D eigenvalue weighted by Crippen LogP contribution is 2.08. The zero-order valence-electron chi connectivity index (χ0n) is 18.4. The Morgan fingerprint density at radius 1 is 1.10 bits per heavy atom. The number of nitrogens with zero attached hydrogens (tertiary/aromatic N) is 4. The lowest BCUT2D eigenvalue weighted by Gasteiger charge is -2.30. The highest BCUT2D eigenvalue weighted by atomic mass is 127. The van der Waals surface area contributed by atoms with Gasteiger partial charge in [0.2, 0.25) is 0 Å². The van der Waals surface area contributed by atoms with Crippen LogP contribution in [-0.2, 0) is 13.1 Å². The van der Waals surface area contributed by atoms with Crippen LogP contribution >= 0.6 is 24.0 Å². The quantitative estimate of drug-likeness (QED) is 0.290. The van der Waals surface area contributed by atoms with E-state index in [1.807, 2.05) is 23.1 Å². The summed E-state index contributed by atoms with van der Waals surface area (Å²) in [6.45, 7) is 15.2. The zero-order valence-corrected chi connectivity index (χ0v) is 20.8. The fraction of sp³-hybridized carbons (Fsp3) is 0.545. The smallest absolute Gasteiger partial charge is 0.191 e. The maximum atomic E-state index is 4.76. The van der Waals surface area contributed by atoms with Crippen molar-refractivity contribution in [2.75, 3.05) is 19.6 Å². The van der Waals surface area contributed by atoms with Gasteiger partial charge < -0.3 is 10.6 Å². The van der Waals surface area contributed by atoms with Crippen molar-refractivity contribution in [3.05, 3.63) is 53.9 Å². The second kappa shape index (κ2) is 13.6. The molecule has 0 fully saturated rings. The Labute approximate surface area is 193 Å². The molecule has 0 radical (unpaired) electrons. The van der Waals surface area contributed by atoms with Crippen molar-refractivity contribution in [1.82, 2.24) is 25.3 Å². The largest absolute Gasteiger partial charge is 0.357 e. The summed E-state index contributed by atoms with van der Waals surface area (Å²) >= 11 is 0. The number of hydrogen-bond acceptors (Lipinski definition) is 3. The predicted octanol–water partition coefficient (Wildman–Crippen LogP) is 3.72. The molecule has 1 aromatic carbocycles. The van der Waals surface area contributed by atoms with Gasteiger partial charge in [-0.15, -0.1) is 24.0 Å². The molecule has 0 aliphatic heterocycles. The summed E-state index contributed by atoms with van der Waals surface area (Å²) in [6, 6.07) is 11.6. The van der Waals surface area contributed by atoms with E-state index in [2.05, 4.69) is 79.5 Å². The first-order valence-electron chi connectivity index (χ1n) is 10.3. The van der Waals surface area contributed by atoms with Crippen LogP contribution < -0.4 is 10.6 Å². The summed E-state index contributed by atoms with van der Waals surface area (Å²) in [5.74, 6) is 0.868. The lowest BCUT2D eigenvalue weighted by molar-refractivity contribution is 0.178. The topological polar surface area (TPSA) is 57.5 Å². The standard InChI is InChI=1S/C22H36N6.HI/c1-6-23-22(24-12-14-28(18(2)3)19(4)5)25-16-20-9-7-10-21(15-20)17-27-13-8-11-26-27;/h7-11,13,15,18-19H,6,12,14,16-17H2,1-5H3,(H2,23,24,25);1H. The van der Waals surface area contributed by atoms with E-state index in [-0.39, 0.29) is 24.0 Å². The molecule has 0 saturated heterocycles. The molecule has 162 valence electrons. The minimum absolute atomic E-state index is 0. The number of aliphatic imine (C=N–C) groups is 1. The van der Waals surface area contributed by atoms with Crippen LogP contribution in [0.1, 0.15) is 45.7 Å². The summed E-state index contributed by atoms with van der Waals surface area (Å²) in [6.07, 6.45) is 3.79. The third-order valence-corrected chi connectivity index (χ3v) is 4.65. The average Bonchev–Trinajstić information content (AvgIpc) is 3.15. The van der Waals surface area contributed by atoms with Gasteiger partial charge in [0.05, 0.1) is 13.1 Å². The van der Waals surface area contributed by atoms with Crippen LogP contribution in [0.2, 0.25) is 0 Å². The zero-order chi connectivity index (χ0) is 20.4. The van der Waals surface area contributed by atoms with Crippen molar-refractivity contribution in [1.29, 1.82) is 0 Å². The number of aromatic nitrogens is 2. The SMILES string of the molecule is CCNC(=NCc1cccc(Cn2cccn2)c1)NCCN(C(C)C)C(C)C.I. The molecule has 2 aromatic rings. The molecule has 0 amide bonds. The molecular formula is C22H37IN6. The van der Waals surface area contributed by atoms with Crippen molar-refractivity contribution < 1.29 is 0 Å². The third kappa shape index (κ3) is 9.16. The highest BCUT2D eigenvalue weighted by molar-refractivity contribution is 14.0. The molecule has 2 N–H and O–H groups in total. The molecule has 0 saturated carbocycles. The summed E-state index contributed by atoms with van der Waals surface area (Å²) in [5, 5.41) is 11.1. The monoisotopic (exact) mass is 512 g/mol. The third-order valence-electron chi connectivity index (χ3n) is 4.65. The van der Waals surface area contributed by atoms with Crippen molar-refractivity contribution in [2.45, 2.75) is 59.8 Å². The first-order chi connectivity index (χ1) is 13.5. The Morgan fingerprint density at radius 3 is 2.45 bits per heavy atom. The molecule has 2 rings (SSSR count). The molecule has 0 bridgehead atoms. The highest BCUT2D eigenvalue weighted by Gasteiger charge is 2.12. The molecule has 1 heterocycles. The van der Waals surface area contributed by atoms with Crippen LogP contribution in [-0.4, -0.2) is 52.4 Å². The van der Waals surface area contributed by atoms with Gasteiger partial charge in [0.15, 0.2) is 5.96 Å². The van der Waals surface area contributed by atoms with E-state index >= 15 is 0 Å². The lowest BCUT2D eigenvalue weighted by atomic mass is 10.1. The van der Waals surface area contributed by atoms with Crippen molar-refractivity contribution in [3.8, 4) is 0 Å². The normalized spacial score (nSPS) is 11.8. The second-order valence-electron chi connectivity index (χ2n) is 7.57. The molecule has 0 aliphatic rings. The van der Waals surface area contributed by atoms with Crippen LogP contribution in [0.25, 0.3) is 0 Å². The Bertz CT molecular complexity index is 704. The van der Waals surface area contributed by atoms with Gasteiger partial charge in [0.1, 0.15) is 0 Å². The van der Waals surface area contributed by atoms with Gasteiger partial charge in [-0.25, -0.2) is 4.99 Å². The first kappa shape index (κ1) is 25.4. The van der Waals surface area contributed by atoms with Gasteiger partial charge in [-0.1, -0.05) is 24.3 Å². The fourth-order valence-electron chi connectivity index (χ4n) is 3.34. The number of nitrogens with one attached hydrogen (secondary N) is 2. The Kier molecular flexibility index (Phi) is 11.9. The average molecular weight is 512 g/mol. The van der Waals surface area contributed by atoms with Crippen LogP contribution in [0.15, 0.2) is 47.7 Å². The molecule has 6 nitrogen and oxygen atoms in total. The number of benzene rings is 1. The number of guanidine groups is 1.